The van der Waals surface area contributed by atoms with Crippen molar-refractivity contribution in [1.82, 2.24) is 4.98 Å². The standard InChI is InChI=1S/C15H13F3N2O3/c1-23-11-4-2-9(3-5-11)6-13(21)20-12-7-10(15(16,17)18)8-19-14(12)22/h2-5,7-8H,6H2,1H3,(H,19,22)(H,20,21). The Morgan fingerprint density at radius 2 is 1.91 bits per heavy atom. The number of pyridine rings is 1. The molecule has 1 heterocycles. The number of ether oxygens (including phenoxy) is 1. The second-order valence-corrected chi connectivity index (χ2v) is 4.70. The maximum Gasteiger partial charge on any atom is 0.417 e. The fourth-order valence-electron chi connectivity index (χ4n) is 1.86. The normalized spacial score (nSPS) is 11.1. The molecule has 23 heavy (non-hydrogen) atoms. The molecule has 1 aromatic heterocycles. The number of anilines is 1. The Labute approximate surface area is 129 Å². The minimum atomic E-state index is -4.61. The summed E-state index contributed by atoms with van der Waals surface area (Å²) in [5, 5.41) is 2.19. The van der Waals surface area contributed by atoms with Gasteiger partial charge in [0.15, 0.2) is 0 Å². The van der Waals surface area contributed by atoms with E-state index in [2.05, 4.69) is 5.32 Å². The number of methoxy groups -OCH3 is 1. The minimum absolute atomic E-state index is 0.0837. The average Bonchev–Trinajstić information content (AvgIpc) is 2.49. The Hall–Kier alpha value is -2.77. The fraction of sp³-hybridized carbons (Fsp3) is 0.200. The average molecular weight is 326 g/mol. The van der Waals surface area contributed by atoms with Gasteiger partial charge < -0.3 is 15.0 Å². The molecule has 2 aromatic rings. The molecule has 2 N–H and O–H groups in total. The quantitative estimate of drug-likeness (QED) is 0.907. The summed E-state index contributed by atoms with van der Waals surface area (Å²) < 4.78 is 42.8. The maximum absolute atomic E-state index is 12.6. The smallest absolute Gasteiger partial charge is 0.417 e. The number of alkyl halides is 3. The SMILES string of the molecule is COc1ccc(CC(=O)Nc2cc(C(F)(F)F)c[nH]c2=O)cc1. The summed E-state index contributed by atoms with van der Waals surface area (Å²) in [4.78, 5) is 25.3. The molecule has 0 radical (unpaired) electrons. The van der Waals surface area contributed by atoms with E-state index >= 15 is 0 Å². The van der Waals surface area contributed by atoms with Crippen LogP contribution in [-0.4, -0.2) is 18.0 Å². The van der Waals surface area contributed by atoms with Gasteiger partial charge in [0, 0.05) is 6.20 Å². The third-order valence-corrected chi connectivity index (χ3v) is 3.03. The van der Waals surface area contributed by atoms with Crippen LogP contribution < -0.4 is 15.6 Å². The molecule has 0 aliphatic carbocycles. The van der Waals surface area contributed by atoms with Gasteiger partial charge in [-0.2, -0.15) is 13.2 Å². The summed E-state index contributed by atoms with van der Waals surface area (Å²) in [5.74, 6) is 0.0171. The molecule has 0 spiro atoms. The first-order chi connectivity index (χ1) is 10.8. The second-order valence-electron chi connectivity index (χ2n) is 4.70. The third-order valence-electron chi connectivity index (χ3n) is 3.03. The molecule has 8 heteroatoms. The maximum atomic E-state index is 12.6. The van der Waals surface area contributed by atoms with Gasteiger partial charge in [-0.05, 0) is 23.8 Å². The van der Waals surface area contributed by atoms with E-state index in [0.29, 0.717) is 23.6 Å². The van der Waals surface area contributed by atoms with Crippen LogP contribution in [0.4, 0.5) is 18.9 Å². The van der Waals surface area contributed by atoms with E-state index in [1.807, 2.05) is 4.98 Å². The summed E-state index contributed by atoms with van der Waals surface area (Å²) >= 11 is 0. The number of hydrogen-bond donors (Lipinski definition) is 2. The number of H-pyrrole nitrogens is 1. The summed E-state index contributed by atoms with van der Waals surface area (Å²) in [7, 11) is 1.50. The van der Waals surface area contributed by atoms with E-state index in [-0.39, 0.29) is 6.42 Å². The lowest BCUT2D eigenvalue weighted by atomic mass is 10.1. The number of benzene rings is 1. The molecule has 1 aromatic carbocycles. The van der Waals surface area contributed by atoms with E-state index in [0.717, 1.165) is 0 Å². The Bertz CT molecular complexity index is 752. The van der Waals surface area contributed by atoms with E-state index in [1.54, 1.807) is 24.3 Å². The van der Waals surface area contributed by atoms with Crippen molar-refractivity contribution in [3.8, 4) is 5.75 Å². The van der Waals surface area contributed by atoms with Crippen molar-refractivity contribution in [3.05, 3.63) is 58.0 Å². The molecule has 1 amide bonds. The van der Waals surface area contributed by atoms with E-state index in [1.165, 1.54) is 7.11 Å². The summed E-state index contributed by atoms with van der Waals surface area (Å²) in [6.07, 6.45) is -4.14. The molecule has 5 nitrogen and oxygen atoms in total. The Kier molecular flexibility index (Phi) is 4.73. The highest BCUT2D eigenvalue weighted by atomic mass is 19.4. The molecular weight excluding hydrogens is 313 g/mol. The van der Waals surface area contributed by atoms with Crippen LogP contribution in [0.5, 0.6) is 5.75 Å². The first-order valence-electron chi connectivity index (χ1n) is 6.52. The van der Waals surface area contributed by atoms with Crippen LogP contribution in [0, 0.1) is 0 Å². The van der Waals surface area contributed by atoms with Crippen LogP contribution in [-0.2, 0) is 17.4 Å². The van der Waals surface area contributed by atoms with Crippen LogP contribution in [0.1, 0.15) is 11.1 Å². The highest BCUT2D eigenvalue weighted by Crippen LogP contribution is 2.29. The molecule has 0 fully saturated rings. The highest BCUT2D eigenvalue weighted by Gasteiger charge is 2.31. The van der Waals surface area contributed by atoms with Gasteiger partial charge in [-0.1, -0.05) is 12.1 Å². The van der Waals surface area contributed by atoms with Crippen molar-refractivity contribution in [2.45, 2.75) is 12.6 Å². The zero-order valence-corrected chi connectivity index (χ0v) is 12.0. The van der Waals surface area contributed by atoms with Crippen LogP contribution in [0.15, 0.2) is 41.3 Å². The van der Waals surface area contributed by atoms with Crippen molar-refractivity contribution < 1.29 is 22.7 Å². The van der Waals surface area contributed by atoms with Crippen molar-refractivity contribution in [3.63, 3.8) is 0 Å². The van der Waals surface area contributed by atoms with Crippen LogP contribution in [0.25, 0.3) is 0 Å². The Morgan fingerprint density at radius 3 is 2.48 bits per heavy atom. The van der Waals surface area contributed by atoms with Gasteiger partial charge >= 0.3 is 6.18 Å². The number of aromatic amines is 1. The zero-order valence-electron chi connectivity index (χ0n) is 12.0. The first kappa shape index (κ1) is 16.6. The van der Waals surface area contributed by atoms with Crippen molar-refractivity contribution in [1.29, 1.82) is 0 Å². The lowest BCUT2D eigenvalue weighted by Gasteiger charge is -2.09. The number of amides is 1. The van der Waals surface area contributed by atoms with E-state index < -0.39 is 28.9 Å². The van der Waals surface area contributed by atoms with Crippen LogP contribution in [0.2, 0.25) is 0 Å². The van der Waals surface area contributed by atoms with Crippen molar-refractivity contribution >= 4 is 11.6 Å². The van der Waals surface area contributed by atoms with Gasteiger partial charge in [-0.25, -0.2) is 0 Å². The fourth-order valence-corrected chi connectivity index (χ4v) is 1.86. The van der Waals surface area contributed by atoms with Gasteiger partial charge in [-0.15, -0.1) is 0 Å². The summed E-state index contributed by atoms with van der Waals surface area (Å²) in [6.45, 7) is 0. The Morgan fingerprint density at radius 1 is 1.26 bits per heavy atom. The zero-order chi connectivity index (χ0) is 17.0. The number of aromatic nitrogens is 1. The van der Waals surface area contributed by atoms with Gasteiger partial charge in [0.2, 0.25) is 5.91 Å². The molecule has 0 aliphatic rings. The number of halogens is 3. The molecule has 2 rings (SSSR count). The summed E-state index contributed by atoms with van der Waals surface area (Å²) in [5.41, 5.74) is -1.66. The molecule has 0 saturated heterocycles. The Balaban J connectivity index is 2.11. The van der Waals surface area contributed by atoms with Gasteiger partial charge in [0.1, 0.15) is 11.4 Å². The van der Waals surface area contributed by atoms with Gasteiger partial charge in [-0.3, -0.25) is 9.59 Å². The van der Waals surface area contributed by atoms with E-state index in [9.17, 15) is 22.8 Å². The largest absolute Gasteiger partial charge is 0.497 e. The molecule has 0 atom stereocenters. The van der Waals surface area contributed by atoms with Crippen LogP contribution >= 0.6 is 0 Å². The van der Waals surface area contributed by atoms with E-state index in [4.69, 9.17) is 4.74 Å². The number of rotatable bonds is 4. The van der Waals surface area contributed by atoms with Crippen LogP contribution in [0.3, 0.4) is 0 Å². The highest BCUT2D eigenvalue weighted by molar-refractivity contribution is 5.92. The molecule has 0 unspecified atom stereocenters. The lowest BCUT2D eigenvalue weighted by molar-refractivity contribution is -0.137. The predicted octanol–water partition coefficient (Wildman–Crippen LogP) is 2.58. The molecule has 0 aliphatic heterocycles. The summed E-state index contributed by atoms with van der Waals surface area (Å²) in [6, 6.07) is 7.20. The molecular formula is C15H13F3N2O3. The topological polar surface area (TPSA) is 71.2 Å². The van der Waals surface area contributed by atoms with Crippen molar-refractivity contribution in [2.24, 2.45) is 0 Å². The number of hydrogen-bond acceptors (Lipinski definition) is 3. The molecule has 0 saturated carbocycles. The minimum Gasteiger partial charge on any atom is -0.497 e. The van der Waals surface area contributed by atoms with Gasteiger partial charge in [0.05, 0.1) is 19.1 Å². The number of carbonyl (C=O) groups is 1. The second kappa shape index (κ2) is 6.55. The monoisotopic (exact) mass is 326 g/mol. The third kappa shape index (κ3) is 4.35. The lowest BCUT2D eigenvalue weighted by Crippen LogP contribution is -2.22. The molecule has 122 valence electrons. The molecule has 0 bridgehead atoms. The van der Waals surface area contributed by atoms with Gasteiger partial charge in [0.25, 0.3) is 5.56 Å². The predicted molar refractivity (Wildman–Crippen MR) is 77.4 cm³/mol. The van der Waals surface area contributed by atoms with Crippen molar-refractivity contribution in [2.75, 3.05) is 12.4 Å². The number of carbonyl (C=O) groups excluding carboxylic acids is 1. The number of nitrogens with one attached hydrogen (secondary N) is 2. The first-order valence-corrected chi connectivity index (χ1v) is 6.52.